The smallest absolute Gasteiger partial charge is 0.410 e. The molecule has 3 nitrogen and oxygen atoms in total. The van der Waals surface area contributed by atoms with Crippen molar-refractivity contribution in [3.8, 4) is 0 Å². The van der Waals surface area contributed by atoms with E-state index >= 15 is 0 Å². The third-order valence-electron chi connectivity index (χ3n) is 2.88. The molecule has 0 aliphatic rings. The number of unbranched alkanes of at least 4 members (excludes halogenated alkanes) is 3. The van der Waals surface area contributed by atoms with E-state index in [2.05, 4.69) is 20.8 Å². The lowest BCUT2D eigenvalue weighted by molar-refractivity contribution is 0.0296. The number of nitrogens with zero attached hydrogens (tertiary/aromatic N) is 1. The van der Waals surface area contributed by atoms with E-state index in [4.69, 9.17) is 4.74 Å². The number of ether oxygens (including phenoxy) is 1. The van der Waals surface area contributed by atoms with Gasteiger partial charge in [0.1, 0.15) is 5.60 Å². The molecule has 0 heterocycles. The molecule has 0 aromatic carbocycles. The Morgan fingerprint density at radius 2 is 1.47 bits per heavy atom. The van der Waals surface area contributed by atoms with Crippen molar-refractivity contribution in [2.75, 3.05) is 13.6 Å². The van der Waals surface area contributed by atoms with Crippen LogP contribution in [0, 0.1) is 5.41 Å². The highest BCUT2D eigenvalue weighted by Crippen LogP contribution is 2.22. The predicted octanol–water partition coefficient (Wildman–Crippen LogP) is 4.85. The van der Waals surface area contributed by atoms with E-state index in [9.17, 15) is 4.79 Å². The van der Waals surface area contributed by atoms with Crippen molar-refractivity contribution < 1.29 is 9.53 Å². The molecule has 0 atom stereocenters. The standard InChI is InChI=1S/C16H33NO2/c1-15(2,3)12-10-8-9-11-13-17(7)14(18)19-16(4,5)6/h8-13H2,1-7H3. The molecule has 0 radical (unpaired) electrons. The van der Waals surface area contributed by atoms with Crippen molar-refractivity contribution in [1.29, 1.82) is 0 Å². The summed E-state index contributed by atoms with van der Waals surface area (Å²) >= 11 is 0. The minimum Gasteiger partial charge on any atom is -0.444 e. The number of carbonyl (C=O) groups excluding carboxylic acids is 1. The largest absolute Gasteiger partial charge is 0.444 e. The van der Waals surface area contributed by atoms with Gasteiger partial charge in [0.15, 0.2) is 0 Å². The van der Waals surface area contributed by atoms with Crippen LogP contribution >= 0.6 is 0 Å². The molecular weight excluding hydrogens is 238 g/mol. The topological polar surface area (TPSA) is 29.5 Å². The molecule has 1 amide bonds. The zero-order valence-electron chi connectivity index (χ0n) is 14.0. The molecule has 0 bridgehead atoms. The number of hydrogen-bond acceptors (Lipinski definition) is 2. The van der Waals surface area contributed by atoms with Crippen LogP contribution in [-0.2, 0) is 4.74 Å². The van der Waals surface area contributed by atoms with Crippen molar-refractivity contribution >= 4 is 6.09 Å². The summed E-state index contributed by atoms with van der Waals surface area (Å²) in [6.45, 7) is 13.3. The second kappa shape index (κ2) is 7.76. The molecule has 19 heavy (non-hydrogen) atoms. The van der Waals surface area contributed by atoms with Crippen molar-refractivity contribution in [2.45, 2.75) is 79.2 Å². The summed E-state index contributed by atoms with van der Waals surface area (Å²) in [7, 11) is 1.81. The Labute approximate surface area is 119 Å². The van der Waals surface area contributed by atoms with Gasteiger partial charge in [-0.15, -0.1) is 0 Å². The van der Waals surface area contributed by atoms with Gasteiger partial charge in [-0.1, -0.05) is 40.0 Å². The Balaban J connectivity index is 3.64. The highest BCUT2D eigenvalue weighted by molar-refractivity contribution is 5.67. The second-order valence-corrected chi connectivity index (χ2v) is 7.63. The molecule has 0 aromatic rings. The maximum atomic E-state index is 11.7. The van der Waals surface area contributed by atoms with Crippen LogP contribution in [-0.4, -0.2) is 30.2 Å². The zero-order valence-corrected chi connectivity index (χ0v) is 14.0. The Hall–Kier alpha value is -0.730. The summed E-state index contributed by atoms with van der Waals surface area (Å²) < 4.78 is 5.31. The van der Waals surface area contributed by atoms with Crippen LogP contribution in [0.15, 0.2) is 0 Å². The summed E-state index contributed by atoms with van der Waals surface area (Å²) in [6.07, 6.45) is 5.82. The average Bonchev–Trinajstić information content (AvgIpc) is 2.18. The highest BCUT2D eigenvalue weighted by atomic mass is 16.6. The Kier molecular flexibility index (Phi) is 7.46. The molecule has 0 spiro atoms. The van der Waals surface area contributed by atoms with Crippen LogP contribution in [0.5, 0.6) is 0 Å². The fourth-order valence-electron chi connectivity index (χ4n) is 1.79. The van der Waals surface area contributed by atoms with E-state index in [1.165, 1.54) is 25.7 Å². The third-order valence-corrected chi connectivity index (χ3v) is 2.88. The summed E-state index contributed by atoms with van der Waals surface area (Å²) in [5.41, 5.74) is 0.0331. The number of amides is 1. The van der Waals surface area contributed by atoms with E-state index in [-0.39, 0.29) is 6.09 Å². The summed E-state index contributed by atoms with van der Waals surface area (Å²) in [5.74, 6) is 0. The Morgan fingerprint density at radius 1 is 0.947 bits per heavy atom. The van der Waals surface area contributed by atoms with Gasteiger partial charge in [0.2, 0.25) is 0 Å². The van der Waals surface area contributed by atoms with Gasteiger partial charge in [-0.2, -0.15) is 0 Å². The van der Waals surface area contributed by atoms with Gasteiger partial charge in [0.25, 0.3) is 0 Å². The normalized spacial score (nSPS) is 12.4. The van der Waals surface area contributed by atoms with Gasteiger partial charge >= 0.3 is 6.09 Å². The van der Waals surface area contributed by atoms with Gasteiger partial charge in [0, 0.05) is 13.6 Å². The lowest BCUT2D eigenvalue weighted by atomic mass is 9.89. The summed E-state index contributed by atoms with van der Waals surface area (Å²) in [4.78, 5) is 13.4. The average molecular weight is 271 g/mol. The molecule has 3 heteroatoms. The van der Waals surface area contributed by atoms with Crippen LogP contribution in [0.2, 0.25) is 0 Å². The van der Waals surface area contributed by atoms with Gasteiger partial charge in [-0.3, -0.25) is 0 Å². The quantitative estimate of drug-likeness (QED) is 0.646. The molecule has 0 aromatic heterocycles. The van der Waals surface area contributed by atoms with Crippen LogP contribution in [0.1, 0.15) is 73.6 Å². The van der Waals surface area contributed by atoms with Crippen molar-refractivity contribution in [1.82, 2.24) is 4.90 Å². The van der Waals surface area contributed by atoms with Gasteiger partial charge < -0.3 is 9.64 Å². The second-order valence-electron chi connectivity index (χ2n) is 7.63. The van der Waals surface area contributed by atoms with Gasteiger partial charge in [-0.05, 0) is 39.0 Å². The minimum absolute atomic E-state index is 0.220. The van der Waals surface area contributed by atoms with Gasteiger partial charge in [0.05, 0.1) is 0 Å². The van der Waals surface area contributed by atoms with E-state index in [0.29, 0.717) is 5.41 Å². The maximum absolute atomic E-state index is 11.7. The summed E-state index contributed by atoms with van der Waals surface area (Å²) in [6, 6.07) is 0. The van der Waals surface area contributed by atoms with E-state index in [1.807, 2.05) is 27.8 Å². The molecule has 0 aliphatic carbocycles. The van der Waals surface area contributed by atoms with Gasteiger partial charge in [-0.25, -0.2) is 4.79 Å². The SMILES string of the molecule is CN(CCCCCCC(C)(C)C)C(=O)OC(C)(C)C. The van der Waals surface area contributed by atoms with Crippen molar-refractivity contribution in [3.05, 3.63) is 0 Å². The fourth-order valence-corrected chi connectivity index (χ4v) is 1.79. The van der Waals surface area contributed by atoms with E-state index in [0.717, 1.165) is 13.0 Å². The van der Waals surface area contributed by atoms with Crippen molar-refractivity contribution in [3.63, 3.8) is 0 Å². The lowest BCUT2D eigenvalue weighted by Gasteiger charge is -2.24. The number of hydrogen-bond donors (Lipinski definition) is 0. The molecule has 114 valence electrons. The Morgan fingerprint density at radius 3 is 1.95 bits per heavy atom. The third kappa shape index (κ3) is 12.1. The number of rotatable bonds is 6. The first-order valence-electron chi connectivity index (χ1n) is 7.45. The first-order valence-corrected chi connectivity index (χ1v) is 7.45. The van der Waals surface area contributed by atoms with E-state index < -0.39 is 5.60 Å². The molecule has 0 unspecified atom stereocenters. The molecule has 0 N–H and O–H groups in total. The fraction of sp³-hybridized carbons (Fsp3) is 0.938. The van der Waals surface area contributed by atoms with Crippen LogP contribution in [0.4, 0.5) is 4.79 Å². The molecule has 0 saturated carbocycles. The molecule has 0 aliphatic heterocycles. The van der Waals surface area contributed by atoms with E-state index in [1.54, 1.807) is 4.90 Å². The first-order chi connectivity index (χ1) is 8.51. The maximum Gasteiger partial charge on any atom is 0.410 e. The van der Waals surface area contributed by atoms with Crippen LogP contribution in [0.25, 0.3) is 0 Å². The number of carbonyl (C=O) groups is 1. The molecular formula is C16H33NO2. The molecule has 0 fully saturated rings. The minimum atomic E-state index is -0.405. The first kappa shape index (κ1) is 18.3. The Bertz CT molecular complexity index is 261. The molecule has 0 rings (SSSR count). The van der Waals surface area contributed by atoms with Crippen LogP contribution < -0.4 is 0 Å². The summed E-state index contributed by atoms with van der Waals surface area (Å²) in [5, 5.41) is 0. The van der Waals surface area contributed by atoms with Crippen LogP contribution in [0.3, 0.4) is 0 Å². The lowest BCUT2D eigenvalue weighted by Crippen LogP contribution is -2.34. The zero-order chi connectivity index (χ0) is 15.1. The predicted molar refractivity (Wildman–Crippen MR) is 81.4 cm³/mol. The monoisotopic (exact) mass is 271 g/mol. The van der Waals surface area contributed by atoms with Crippen molar-refractivity contribution in [2.24, 2.45) is 5.41 Å². The molecule has 0 saturated heterocycles. The highest BCUT2D eigenvalue weighted by Gasteiger charge is 2.19.